The minimum Gasteiger partial charge on any atom is -0.494 e. The first-order valence-corrected chi connectivity index (χ1v) is 11.9. The van der Waals surface area contributed by atoms with Crippen molar-refractivity contribution in [1.82, 2.24) is 0 Å². The maximum absolute atomic E-state index is 12.8. The van der Waals surface area contributed by atoms with Crippen LogP contribution in [0, 0.1) is 11.3 Å². The Morgan fingerprint density at radius 2 is 1.84 bits per heavy atom. The van der Waals surface area contributed by atoms with Crippen LogP contribution in [0.15, 0.2) is 72.6 Å². The number of halogens is 2. The van der Waals surface area contributed by atoms with Crippen LogP contribution in [0.4, 0.5) is 0 Å². The van der Waals surface area contributed by atoms with E-state index in [4.69, 9.17) is 52.6 Å². The second kappa shape index (κ2) is 11.4. The van der Waals surface area contributed by atoms with Gasteiger partial charge in [-0.15, -0.1) is 0 Å². The van der Waals surface area contributed by atoms with Crippen molar-refractivity contribution in [2.75, 3.05) is 20.8 Å². The quantitative estimate of drug-likeness (QED) is 0.205. The van der Waals surface area contributed by atoms with Crippen LogP contribution < -0.4 is 29.4 Å². The molecule has 1 aliphatic rings. The number of nitriles is 1. The molecule has 0 saturated carbocycles. The fraction of sp³-hybridized carbons (Fsp3) is 0.143. The zero-order chi connectivity index (χ0) is 27.4. The summed E-state index contributed by atoms with van der Waals surface area (Å²) in [6, 6.07) is 15.1. The molecule has 0 fully saturated rings. The van der Waals surface area contributed by atoms with Gasteiger partial charge in [-0.25, -0.2) is 4.79 Å². The molecule has 4 rings (SSSR count). The van der Waals surface area contributed by atoms with Gasteiger partial charge in [-0.3, -0.25) is 0 Å². The molecule has 10 heteroatoms. The minimum atomic E-state index is -0.690. The van der Waals surface area contributed by atoms with Gasteiger partial charge in [0.2, 0.25) is 5.88 Å². The Morgan fingerprint density at radius 1 is 1.11 bits per heavy atom. The zero-order valence-corrected chi connectivity index (χ0v) is 21.9. The molecule has 0 spiro atoms. The molecule has 1 aliphatic heterocycles. The lowest BCUT2D eigenvalue weighted by molar-refractivity contribution is 0.0734. The summed E-state index contributed by atoms with van der Waals surface area (Å²) in [7, 11) is 2.95. The molecule has 1 heterocycles. The van der Waals surface area contributed by atoms with Crippen LogP contribution in [0.1, 0.15) is 27.4 Å². The smallest absolute Gasteiger partial charge is 0.343 e. The number of allylic oxidation sites excluding steroid dienone is 1. The predicted molar refractivity (Wildman–Crippen MR) is 142 cm³/mol. The van der Waals surface area contributed by atoms with E-state index in [1.807, 2.05) is 6.07 Å². The van der Waals surface area contributed by atoms with Crippen LogP contribution in [-0.4, -0.2) is 26.8 Å². The molecular weight excluding hydrogens is 531 g/mol. The third-order valence-electron chi connectivity index (χ3n) is 5.72. The van der Waals surface area contributed by atoms with Gasteiger partial charge in [-0.2, -0.15) is 5.26 Å². The normalized spacial score (nSPS) is 14.0. The molecule has 0 bridgehead atoms. The summed E-state index contributed by atoms with van der Waals surface area (Å²) in [6.45, 7) is 3.96. The summed E-state index contributed by atoms with van der Waals surface area (Å²) < 4.78 is 27.5. The zero-order valence-electron chi connectivity index (χ0n) is 20.4. The molecular formula is C28H22Cl2N2O6. The number of nitrogens with two attached hydrogens (primary N) is 1. The lowest BCUT2D eigenvalue weighted by Crippen LogP contribution is -2.21. The Labute approximate surface area is 229 Å². The third kappa shape index (κ3) is 5.21. The first-order valence-electron chi connectivity index (χ1n) is 11.2. The summed E-state index contributed by atoms with van der Waals surface area (Å²) in [4.78, 5) is 12.8. The molecule has 194 valence electrons. The number of esters is 1. The van der Waals surface area contributed by atoms with E-state index in [0.717, 1.165) is 5.56 Å². The van der Waals surface area contributed by atoms with Crippen LogP contribution >= 0.6 is 23.2 Å². The van der Waals surface area contributed by atoms with Crippen molar-refractivity contribution >= 4 is 29.2 Å². The van der Waals surface area contributed by atoms with Gasteiger partial charge in [0.25, 0.3) is 0 Å². The Bertz CT molecular complexity index is 1470. The standard InChI is InChI=1S/C28H22Cl2N2O6/c1-4-9-36-22-8-5-15(12-24(22)34-2)25-18-7-6-17(13-23(18)38-27(32)19(25)14-31)37-28(33)16-10-20(29)26(35-3)21(30)11-16/h4-8,10-13,25H,1,9,32H2,2-3H3. The summed E-state index contributed by atoms with van der Waals surface area (Å²) in [6.07, 6.45) is 1.63. The van der Waals surface area contributed by atoms with Gasteiger partial charge >= 0.3 is 5.97 Å². The number of fused-ring (bicyclic) bond motifs is 1. The lowest BCUT2D eigenvalue weighted by atomic mass is 9.83. The highest BCUT2D eigenvalue weighted by atomic mass is 35.5. The molecule has 1 atom stereocenters. The van der Waals surface area contributed by atoms with E-state index in [1.54, 1.807) is 30.3 Å². The number of carbonyl (C=O) groups excluding carboxylic acids is 1. The average molecular weight is 553 g/mol. The predicted octanol–water partition coefficient (Wildman–Crippen LogP) is 6.01. The molecule has 8 nitrogen and oxygen atoms in total. The molecule has 3 aromatic rings. The summed E-state index contributed by atoms with van der Waals surface area (Å²) in [5, 5.41) is 10.2. The summed E-state index contributed by atoms with van der Waals surface area (Å²) in [5.41, 5.74) is 7.85. The Balaban J connectivity index is 1.68. The maximum Gasteiger partial charge on any atom is 0.343 e. The van der Waals surface area contributed by atoms with Crippen LogP contribution in [0.2, 0.25) is 10.0 Å². The molecule has 3 aromatic carbocycles. The van der Waals surface area contributed by atoms with Crippen molar-refractivity contribution < 1.29 is 28.5 Å². The second-order valence-corrected chi connectivity index (χ2v) is 8.81. The first kappa shape index (κ1) is 26.7. The largest absolute Gasteiger partial charge is 0.494 e. The van der Waals surface area contributed by atoms with E-state index < -0.39 is 11.9 Å². The van der Waals surface area contributed by atoms with Crippen molar-refractivity contribution in [3.8, 4) is 34.8 Å². The number of carbonyl (C=O) groups is 1. The van der Waals surface area contributed by atoms with Crippen molar-refractivity contribution in [2.24, 2.45) is 5.73 Å². The van der Waals surface area contributed by atoms with Crippen LogP contribution in [0.5, 0.6) is 28.7 Å². The topological polar surface area (TPSA) is 113 Å². The van der Waals surface area contributed by atoms with E-state index in [-0.39, 0.29) is 38.6 Å². The molecule has 0 aromatic heterocycles. The van der Waals surface area contributed by atoms with Gasteiger partial charge in [0, 0.05) is 11.6 Å². The molecule has 38 heavy (non-hydrogen) atoms. The van der Waals surface area contributed by atoms with Crippen LogP contribution in [0.25, 0.3) is 0 Å². The maximum atomic E-state index is 12.8. The van der Waals surface area contributed by atoms with Gasteiger partial charge in [0.15, 0.2) is 17.2 Å². The number of hydrogen-bond donors (Lipinski definition) is 1. The van der Waals surface area contributed by atoms with E-state index in [1.165, 1.54) is 32.4 Å². The monoisotopic (exact) mass is 552 g/mol. The molecule has 0 amide bonds. The average Bonchev–Trinajstić information content (AvgIpc) is 2.90. The van der Waals surface area contributed by atoms with E-state index in [9.17, 15) is 10.1 Å². The highest BCUT2D eigenvalue weighted by Gasteiger charge is 2.32. The van der Waals surface area contributed by atoms with Crippen molar-refractivity contribution in [3.63, 3.8) is 0 Å². The first-order chi connectivity index (χ1) is 18.3. The Hall–Kier alpha value is -4.32. The molecule has 2 N–H and O–H groups in total. The number of ether oxygens (including phenoxy) is 5. The summed E-state index contributed by atoms with van der Waals surface area (Å²) >= 11 is 12.3. The fourth-order valence-electron chi connectivity index (χ4n) is 4.01. The van der Waals surface area contributed by atoms with Gasteiger partial charge < -0.3 is 29.4 Å². The van der Waals surface area contributed by atoms with Crippen LogP contribution in [0.3, 0.4) is 0 Å². The third-order valence-corrected chi connectivity index (χ3v) is 6.28. The number of methoxy groups -OCH3 is 2. The fourth-order valence-corrected chi connectivity index (χ4v) is 4.65. The second-order valence-electron chi connectivity index (χ2n) is 8.00. The number of nitrogens with zero attached hydrogens (tertiary/aromatic N) is 1. The Morgan fingerprint density at radius 3 is 2.47 bits per heavy atom. The molecule has 1 unspecified atom stereocenters. The Kier molecular flexibility index (Phi) is 8.01. The SMILES string of the molecule is C=CCOc1ccc(C2C(C#N)=C(N)Oc3cc(OC(=O)c4cc(Cl)c(OC)c(Cl)c4)ccc32)cc1OC. The molecule has 0 radical (unpaired) electrons. The van der Waals surface area contributed by atoms with Crippen molar-refractivity contribution in [2.45, 2.75) is 5.92 Å². The highest BCUT2D eigenvalue weighted by molar-refractivity contribution is 6.37. The lowest BCUT2D eigenvalue weighted by Gasteiger charge is -2.27. The molecule has 0 aliphatic carbocycles. The van der Waals surface area contributed by atoms with Crippen LogP contribution in [-0.2, 0) is 0 Å². The highest BCUT2D eigenvalue weighted by Crippen LogP contribution is 2.45. The van der Waals surface area contributed by atoms with Gasteiger partial charge in [0.05, 0.1) is 35.7 Å². The minimum absolute atomic E-state index is 0.0619. The molecule has 0 saturated heterocycles. The number of rotatable bonds is 8. The van der Waals surface area contributed by atoms with Gasteiger partial charge in [-0.05, 0) is 35.9 Å². The van der Waals surface area contributed by atoms with E-state index in [2.05, 4.69) is 12.6 Å². The van der Waals surface area contributed by atoms with Crippen molar-refractivity contribution in [3.05, 3.63) is 99.4 Å². The summed E-state index contributed by atoms with van der Waals surface area (Å²) in [5.74, 6) is 0.470. The van der Waals surface area contributed by atoms with Gasteiger partial charge in [-0.1, -0.05) is 48.0 Å². The van der Waals surface area contributed by atoms with Gasteiger partial charge in [0.1, 0.15) is 29.7 Å². The van der Waals surface area contributed by atoms with E-state index in [0.29, 0.717) is 29.4 Å². The van der Waals surface area contributed by atoms with Crippen molar-refractivity contribution in [1.29, 1.82) is 5.26 Å². The number of benzene rings is 3. The number of hydrogen-bond acceptors (Lipinski definition) is 8. The van der Waals surface area contributed by atoms with E-state index >= 15 is 0 Å².